The van der Waals surface area contributed by atoms with Crippen LogP contribution in [0.15, 0.2) is 12.3 Å². The summed E-state index contributed by atoms with van der Waals surface area (Å²) in [5.74, 6) is 2.54. The molecule has 1 unspecified atom stereocenters. The molecule has 102 valence electrons. The van der Waals surface area contributed by atoms with Gasteiger partial charge < -0.3 is 5.32 Å². The molecule has 1 heterocycles. The van der Waals surface area contributed by atoms with Crippen molar-refractivity contribution < 1.29 is 0 Å². The summed E-state index contributed by atoms with van der Waals surface area (Å²) in [5, 5.41) is 7.80. The summed E-state index contributed by atoms with van der Waals surface area (Å²) in [7, 11) is 4.12. The number of rotatable bonds is 4. The quantitative estimate of drug-likeness (QED) is 0.888. The van der Waals surface area contributed by atoms with Gasteiger partial charge in [-0.3, -0.25) is 4.68 Å². The average molecular weight is 249 g/mol. The van der Waals surface area contributed by atoms with Gasteiger partial charge in [-0.15, -0.1) is 0 Å². The Kier molecular flexibility index (Phi) is 4.44. The van der Waals surface area contributed by atoms with Crippen LogP contribution < -0.4 is 5.32 Å². The Bertz CT molecular complexity index is 362. The smallest absolute Gasteiger partial charge is 0.0553 e. The van der Waals surface area contributed by atoms with E-state index < -0.39 is 0 Å². The van der Waals surface area contributed by atoms with Crippen molar-refractivity contribution in [3.63, 3.8) is 0 Å². The summed E-state index contributed by atoms with van der Waals surface area (Å²) in [6.45, 7) is 4.73. The number of nitrogens with one attached hydrogen (secondary N) is 1. The first kappa shape index (κ1) is 13.6. The van der Waals surface area contributed by atoms with Gasteiger partial charge in [0.1, 0.15) is 0 Å². The number of aromatic nitrogens is 2. The van der Waals surface area contributed by atoms with Crippen LogP contribution >= 0.6 is 0 Å². The zero-order chi connectivity index (χ0) is 13.1. The first-order valence-electron chi connectivity index (χ1n) is 7.28. The van der Waals surface area contributed by atoms with E-state index in [1.165, 1.54) is 31.4 Å². The molecular weight excluding hydrogens is 222 g/mol. The van der Waals surface area contributed by atoms with E-state index in [4.69, 9.17) is 0 Å². The highest BCUT2D eigenvalue weighted by Gasteiger charge is 2.29. The van der Waals surface area contributed by atoms with Crippen LogP contribution in [0.3, 0.4) is 0 Å². The minimum absolute atomic E-state index is 0.464. The maximum absolute atomic E-state index is 4.30. The van der Waals surface area contributed by atoms with Gasteiger partial charge in [-0.05, 0) is 56.6 Å². The van der Waals surface area contributed by atoms with E-state index in [0.29, 0.717) is 6.04 Å². The summed E-state index contributed by atoms with van der Waals surface area (Å²) in [6.07, 6.45) is 7.37. The van der Waals surface area contributed by atoms with Gasteiger partial charge in [-0.2, -0.15) is 5.10 Å². The molecule has 0 spiro atoms. The van der Waals surface area contributed by atoms with E-state index in [0.717, 1.165) is 17.8 Å². The van der Waals surface area contributed by atoms with Crippen molar-refractivity contribution in [2.75, 3.05) is 7.05 Å². The second kappa shape index (κ2) is 5.87. The Morgan fingerprint density at radius 2 is 1.83 bits per heavy atom. The fourth-order valence-electron chi connectivity index (χ4n) is 3.46. The van der Waals surface area contributed by atoms with Gasteiger partial charge in [0.15, 0.2) is 0 Å². The lowest BCUT2D eigenvalue weighted by Crippen LogP contribution is -2.31. The molecule has 1 aliphatic carbocycles. The maximum atomic E-state index is 4.30. The standard InChI is InChI=1S/C15H27N3/c1-11(2)12-5-7-13(8-6-12)15(16-3)14-9-10-17-18(14)4/h9-13,15-16H,5-8H2,1-4H3. The summed E-state index contributed by atoms with van der Waals surface area (Å²) in [6, 6.07) is 2.61. The van der Waals surface area contributed by atoms with Crippen molar-refractivity contribution in [2.45, 2.75) is 45.6 Å². The molecule has 1 saturated carbocycles. The van der Waals surface area contributed by atoms with Crippen molar-refractivity contribution in [3.8, 4) is 0 Å². The van der Waals surface area contributed by atoms with Crippen LogP contribution in [-0.2, 0) is 7.05 Å². The number of hydrogen-bond acceptors (Lipinski definition) is 2. The van der Waals surface area contributed by atoms with Gasteiger partial charge in [0.25, 0.3) is 0 Å². The Morgan fingerprint density at radius 1 is 1.22 bits per heavy atom. The van der Waals surface area contributed by atoms with Crippen molar-refractivity contribution in [2.24, 2.45) is 24.8 Å². The SMILES string of the molecule is CNC(c1ccnn1C)C1CCC(C(C)C)CC1. The third kappa shape index (κ3) is 2.77. The summed E-state index contributed by atoms with van der Waals surface area (Å²) >= 11 is 0. The van der Waals surface area contributed by atoms with E-state index in [1.807, 2.05) is 17.9 Å². The Morgan fingerprint density at radius 3 is 2.28 bits per heavy atom. The van der Waals surface area contributed by atoms with E-state index in [1.54, 1.807) is 0 Å². The molecule has 0 bridgehead atoms. The maximum Gasteiger partial charge on any atom is 0.0553 e. The monoisotopic (exact) mass is 249 g/mol. The van der Waals surface area contributed by atoms with Crippen LogP contribution in [-0.4, -0.2) is 16.8 Å². The Labute approximate surface area is 111 Å². The lowest BCUT2D eigenvalue weighted by atomic mass is 9.74. The topological polar surface area (TPSA) is 29.9 Å². The Balaban J connectivity index is 2.01. The van der Waals surface area contributed by atoms with Crippen LogP contribution in [0.1, 0.15) is 51.3 Å². The zero-order valence-electron chi connectivity index (χ0n) is 12.2. The summed E-state index contributed by atoms with van der Waals surface area (Å²) in [5.41, 5.74) is 1.32. The van der Waals surface area contributed by atoms with Crippen LogP contribution in [0.2, 0.25) is 0 Å². The van der Waals surface area contributed by atoms with E-state index >= 15 is 0 Å². The van der Waals surface area contributed by atoms with Crippen LogP contribution in [0.25, 0.3) is 0 Å². The second-order valence-electron chi connectivity index (χ2n) is 6.06. The molecule has 1 aromatic rings. The zero-order valence-corrected chi connectivity index (χ0v) is 12.2. The van der Waals surface area contributed by atoms with Gasteiger partial charge in [0.2, 0.25) is 0 Å². The highest BCUT2D eigenvalue weighted by atomic mass is 15.3. The van der Waals surface area contributed by atoms with Crippen LogP contribution in [0.4, 0.5) is 0 Å². The molecule has 18 heavy (non-hydrogen) atoms. The minimum atomic E-state index is 0.464. The fourth-order valence-corrected chi connectivity index (χ4v) is 3.46. The highest BCUT2D eigenvalue weighted by molar-refractivity contribution is 5.08. The van der Waals surface area contributed by atoms with Crippen molar-refractivity contribution in [1.29, 1.82) is 0 Å². The van der Waals surface area contributed by atoms with E-state index in [9.17, 15) is 0 Å². The molecule has 3 heteroatoms. The average Bonchev–Trinajstić information content (AvgIpc) is 2.78. The largest absolute Gasteiger partial charge is 0.311 e. The van der Waals surface area contributed by atoms with Gasteiger partial charge in [0, 0.05) is 13.2 Å². The molecule has 0 radical (unpaired) electrons. The number of aryl methyl sites for hydroxylation is 1. The van der Waals surface area contributed by atoms with Gasteiger partial charge in [0.05, 0.1) is 11.7 Å². The molecule has 3 nitrogen and oxygen atoms in total. The van der Waals surface area contributed by atoms with Gasteiger partial charge in [-0.1, -0.05) is 13.8 Å². The first-order chi connectivity index (χ1) is 8.63. The second-order valence-corrected chi connectivity index (χ2v) is 6.06. The lowest BCUT2D eigenvalue weighted by Gasteiger charge is -2.35. The predicted molar refractivity (Wildman–Crippen MR) is 75.3 cm³/mol. The van der Waals surface area contributed by atoms with E-state index in [2.05, 4.69) is 37.4 Å². The lowest BCUT2D eigenvalue weighted by molar-refractivity contribution is 0.189. The van der Waals surface area contributed by atoms with Crippen molar-refractivity contribution in [1.82, 2.24) is 15.1 Å². The molecular formula is C15H27N3. The summed E-state index contributed by atoms with van der Waals surface area (Å²) in [4.78, 5) is 0. The van der Waals surface area contributed by atoms with Crippen LogP contribution in [0, 0.1) is 17.8 Å². The van der Waals surface area contributed by atoms with Crippen molar-refractivity contribution >= 4 is 0 Å². The summed E-state index contributed by atoms with van der Waals surface area (Å²) < 4.78 is 2.01. The molecule has 2 rings (SSSR count). The molecule has 0 aromatic carbocycles. The minimum Gasteiger partial charge on any atom is -0.311 e. The molecule has 1 atom stereocenters. The van der Waals surface area contributed by atoms with Crippen LogP contribution in [0.5, 0.6) is 0 Å². The van der Waals surface area contributed by atoms with Gasteiger partial charge in [-0.25, -0.2) is 0 Å². The first-order valence-corrected chi connectivity index (χ1v) is 7.28. The third-order valence-electron chi connectivity index (χ3n) is 4.72. The Hall–Kier alpha value is -0.830. The molecule has 0 aliphatic heterocycles. The highest BCUT2D eigenvalue weighted by Crippen LogP contribution is 2.38. The third-order valence-corrected chi connectivity index (χ3v) is 4.72. The molecule has 0 saturated heterocycles. The molecule has 1 aliphatic rings. The molecule has 1 fully saturated rings. The fraction of sp³-hybridized carbons (Fsp3) is 0.800. The molecule has 1 N–H and O–H groups in total. The number of hydrogen-bond donors (Lipinski definition) is 1. The van der Waals surface area contributed by atoms with Gasteiger partial charge >= 0.3 is 0 Å². The van der Waals surface area contributed by atoms with Crippen molar-refractivity contribution in [3.05, 3.63) is 18.0 Å². The predicted octanol–water partition coefficient (Wildman–Crippen LogP) is 3.14. The van der Waals surface area contributed by atoms with E-state index in [-0.39, 0.29) is 0 Å². The molecule has 0 amide bonds. The molecule has 1 aromatic heterocycles. The normalized spacial score (nSPS) is 26.5. The number of nitrogens with zero attached hydrogens (tertiary/aromatic N) is 2.